The van der Waals surface area contributed by atoms with E-state index in [9.17, 15) is 0 Å². The molecule has 3 rings (SSSR count). The van der Waals surface area contributed by atoms with E-state index in [-0.39, 0.29) is 0 Å². The van der Waals surface area contributed by atoms with Crippen LogP contribution >= 0.6 is 23.1 Å². The molecule has 2 N–H and O–H groups in total. The molecular weight excluding hydrogens is 256 g/mol. The van der Waals surface area contributed by atoms with E-state index in [0.717, 1.165) is 20.2 Å². The molecule has 0 atom stereocenters. The Labute approximate surface area is 105 Å². The van der Waals surface area contributed by atoms with E-state index >= 15 is 0 Å². The fourth-order valence-electron chi connectivity index (χ4n) is 1.36. The first-order valence-electron chi connectivity index (χ1n) is 4.85. The van der Waals surface area contributed by atoms with Crippen LogP contribution in [0.15, 0.2) is 32.2 Å². The van der Waals surface area contributed by atoms with Crippen LogP contribution in [0.3, 0.4) is 0 Å². The van der Waals surface area contributed by atoms with Crippen molar-refractivity contribution >= 4 is 39.0 Å². The molecule has 0 saturated heterocycles. The Morgan fingerprint density at radius 1 is 1.35 bits per heavy atom. The van der Waals surface area contributed by atoms with E-state index in [1.54, 1.807) is 18.3 Å². The number of hydrogen-bond acceptors (Lipinski definition) is 7. The molecule has 0 radical (unpaired) electrons. The van der Waals surface area contributed by atoms with Gasteiger partial charge in [-0.15, -0.1) is 21.5 Å². The molecule has 0 aliphatic carbocycles. The molecule has 7 heteroatoms. The lowest BCUT2D eigenvalue weighted by molar-refractivity contribution is 0.429. The second-order valence-electron chi connectivity index (χ2n) is 3.40. The highest BCUT2D eigenvalue weighted by Gasteiger charge is 2.10. The lowest BCUT2D eigenvalue weighted by atomic mass is 10.3. The van der Waals surface area contributed by atoms with Crippen LogP contribution in [-0.2, 0) is 0 Å². The van der Waals surface area contributed by atoms with E-state index < -0.39 is 0 Å². The monoisotopic (exact) mass is 264 g/mol. The van der Waals surface area contributed by atoms with Gasteiger partial charge in [-0.3, -0.25) is 0 Å². The quantitative estimate of drug-likeness (QED) is 0.717. The second kappa shape index (κ2) is 4.01. The van der Waals surface area contributed by atoms with Gasteiger partial charge in [0.05, 0.1) is 10.2 Å². The molecule has 0 bridgehead atoms. The Hall–Kier alpha value is -1.60. The molecule has 0 unspecified atom stereocenters. The van der Waals surface area contributed by atoms with Crippen molar-refractivity contribution in [1.82, 2.24) is 15.2 Å². The topological polar surface area (TPSA) is 77.8 Å². The third kappa shape index (κ3) is 2.11. The van der Waals surface area contributed by atoms with Crippen molar-refractivity contribution in [1.29, 1.82) is 0 Å². The molecule has 86 valence electrons. The SMILES string of the molecule is Cc1nnc(Sc2nc3ccc(N)cc3s2)o1. The summed E-state index contributed by atoms with van der Waals surface area (Å²) in [6.07, 6.45) is 0. The van der Waals surface area contributed by atoms with Crippen LogP contribution in [0.4, 0.5) is 5.69 Å². The van der Waals surface area contributed by atoms with Crippen molar-refractivity contribution in [2.45, 2.75) is 16.5 Å². The normalized spacial score (nSPS) is 11.1. The van der Waals surface area contributed by atoms with Gasteiger partial charge >= 0.3 is 0 Å². The summed E-state index contributed by atoms with van der Waals surface area (Å²) in [5.74, 6) is 0.554. The number of aryl methyl sites for hydroxylation is 1. The Kier molecular flexibility index (Phi) is 2.49. The molecule has 0 aliphatic rings. The number of rotatable bonds is 2. The third-order valence-corrected chi connectivity index (χ3v) is 3.99. The summed E-state index contributed by atoms with van der Waals surface area (Å²) in [6, 6.07) is 5.66. The van der Waals surface area contributed by atoms with Gasteiger partial charge in [0.2, 0.25) is 5.89 Å². The molecule has 1 aromatic carbocycles. The number of nitrogen functional groups attached to an aromatic ring is 1. The average molecular weight is 264 g/mol. The molecule has 0 fully saturated rings. The van der Waals surface area contributed by atoms with Crippen LogP contribution in [0, 0.1) is 6.92 Å². The van der Waals surface area contributed by atoms with Crippen LogP contribution in [0.2, 0.25) is 0 Å². The molecule has 5 nitrogen and oxygen atoms in total. The lowest BCUT2D eigenvalue weighted by Crippen LogP contribution is -1.81. The highest BCUT2D eigenvalue weighted by atomic mass is 32.2. The molecule has 3 aromatic rings. The van der Waals surface area contributed by atoms with Gasteiger partial charge in [-0.05, 0) is 18.2 Å². The van der Waals surface area contributed by atoms with Gasteiger partial charge in [-0.25, -0.2) is 4.98 Å². The Morgan fingerprint density at radius 3 is 3.00 bits per heavy atom. The fraction of sp³-hybridized carbons (Fsp3) is 0.100. The standard InChI is InChI=1S/C10H8N4OS2/c1-5-13-14-9(15-5)17-10-12-7-3-2-6(11)4-8(7)16-10/h2-4H,11H2,1H3. The van der Waals surface area contributed by atoms with Crippen LogP contribution in [0.25, 0.3) is 10.2 Å². The zero-order valence-corrected chi connectivity index (χ0v) is 10.5. The predicted octanol–water partition coefficient (Wildman–Crippen LogP) is 2.72. The molecule has 2 aromatic heterocycles. The third-order valence-electron chi connectivity index (χ3n) is 2.07. The van der Waals surface area contributed by atoms with Gasteiger partial charge in [-0.2, -0.15) is 0 Å². The van der Waals surface area contributed by atoms with Gasteiger partial charge in [0.1, 0.15) is 0 Å². The van der Waals surface area contributed by atoms with E-state index in [0.29, 0.717) is 11.1 Å². The van der Waals surface area contributed by atoms with E-state index in [4.69, 9.17) is 10.2 Å². The van der Waals surface area contributed by atoms with Crippen LogP contribution < -0.4 is 5.73 Å². The molecule has 0 aliphatic heterocycles. The highest BCUT2D eigenvalue weighted by molar-refractivity contribution is 8.00. The Bertz CT molecular complexity index is 676. The first-order chi connectivity index (χ1) is 8.20. The largest absolute Gasteiger partial charge is 0.416 e. The van der Waals surface area contributed by atoms with Crippen LogP contribution in [0.1, 0.15) is 5.89 Å². The zero-order chi connectivity index (χ0) is 11.8. The number of benzene rings is 1. The number of fused-ring (bicyclic) bond motifs is 1. The number of anilines is 1. The van der Waals surface area contributed by atoms with E-state index in [1.165, 1.54) is 11.8 Å². The summed E-state index contributed by atoms with van der Waals surface area (Å²) in [7, 11) is 0. The summed E-state index contributed by atoms with van der Waals surface area (Å²) in [5, 5.41) is 8.20. The van der Waals surface area contributed by atoms with Gasteiger partial charge in [0.15, 0.2) is 4.34 Å². The predicted molar refractivity (Wildman–Crippen MR) is 67.2 cm³/mol. The molecule has 0 spiro atoms. The zero-order valence-electron chi connectivity index (χ0n) is 8.88. The summed E-state index contributed by atoms with van der Waals surface area (Å²) in [5.41, 5.74) is 7.40. The number of thiazole rings is 1. The van der Waals surface area contributed by atoms with Crippen molar-refractivity contribution in [3.63, 3.8) is 0 Å². The van der Waals surface area contributed by atoms with Crippen LogP contribution in [0.5, 0.6) is 0 Å². The van der Waals surface area contributed by atoms with Crippen molar-refractivity contribution in [3.05, 3.63) is 24.1 Å². The average Bonchev–Trinajstić information content (AvgIpc) is 2.84. The Balaban J connectivity index is 1.95. The fourth-order valence-corrected chi connectivity index (χ4v) is 3.29. The van der Waals surface area contributed by atoms with Crippen molar-refractivity contribution in [2.75, 3.05) is 5.73 Å². The number of nitrogens with zero attached hydrogens (tertiary/aromatic N) is 3. The lowest BCUT2D eigenvalue weighted by Gasteiger charge is -1.88. The Morgan fingerprint density at radius 2 is 2.24 bits per heavy atom. The minimum absolute atomic E-state index is 0.509. The number of hydrogen-bond donors (Lipinski definition) is 1. The molecule has 2 heterocycles. The highest BCUT2D eigenvalue weighted by Crippen LogP contribution is 2.34. The number of aromatic nitrogens is 3. The van der Waals surface area contributed by atoms with E-state index in [1.807, 2.05) is 18.2 Å². The first kappa shape index (κ1) is 10.5. The molecule has 0 saturated carbocycles. The van der Waals surface area contributed by atoms with Gasteiger partial charge in [0.25, 0.3) is 5.22 Å². The van der Waals surface area contributed by atoms with Gasteiger partial charge in [-0.1, -0.05) is 0 Å². The van der Waals surface area contributed by atoms with Crippen molar-refractivity contribution in [2.24, 2.45) is 0 Å². The van der Waals surface area contributed by atoms with Crippen LogP contribution in [-0.4, -0.2) is 15.2 Å². The minimum Gasteiger partial charge on any atom is -0.416 e. The number of nitrogens with two attached hydrogens (primary N) is 1. The molecule has 17 heavy (non-hydrogen) atoms. The second-order valence-corrected chi connectivity index (χ2v) is 5.63. The summed E-state index contributed by atoms with van der Waals surface area (Å²) < 4.78 is 7.22. The summed E-state index contributed by atoms with van der Waals surface area (Å²) in [4.78, 5) is 4.46. The maximum absolute atomic E-state index is 5.72. The first-order valence-corrected chi connectivity index (χ1v) is 6.48. The molecule has 0 amide bonds. The van der Waals surface area contributed by atoms with Gasteiger partial charge < -0.3 is 10.2 Å². The van der Waals surface area contributed by atoms with Gasteiger partial charge in [0, 0.05) is 24.4 Å². The maximum atomic E-state index is 5.72. The smallest absolute Gasteiger partial charge is 0.283 e. The van der Waals surface area contributed by atoms with Crippen molar-refractivity contribution in [3.8, 4) is 0 Å². The maximum Gasteiger partial charge on any atom is 0.283 e. The van der Waals surface area contributed by atoms with Crippen molar-refractivity contribution < 1.29 is 4.42 Å². The summed E-state index contributed by atoms with van der Waals surface area (Å²) >= 11 is 2.93. The summed E-state index contributed by atoms with van der Waals surface area (Å²) in [6.45, 7) is 1.76. The van der Waals surface area contributed by atoms with E-state index in [2.05, 4.69) is 15.2 Å². The molecular formula is C10H8N4OS2. The minimum atomic E-state index is 0.509.